The SMILES string of the molecule is O=c1cc2c(nn1CCN1CCCCC1CNc1ncc(Br)cn1)CCCC2. The first-order valence-electron chi connectivity index (χ1n) is 10.2. The predicted molar refractivity (Wildman–Crippen MR) is 113 cm³/mol. The molecule has 2 aromatic heterocycles. The number of rotatable bonds is 6. The Kier molecular flexibility index (Phi) is 6.36. The number of aryl methyl sites for hydroxylation is 2. The normalized spacial score (nSPS) is 20.0. The van der Waals surface area contributed by atoms with E-state index >= 15 is 0 Å². The highest BCUT2D eigenvalue weighted by atomic mass is 79.9. The van der Waals surface area contributed by atoms with Crippen LogP contribution in [0.4, 0.5) is 5.95 Å². The molecule has 0 aromatic carbocycles. The lowest BCUT2D eigenvalue weighted by molar-refractivity contribution is 0.147. The van der Waals surface area contributed by atoms with Crippen LogP contribution < -0.4 is 10.9 Å². The van der Waals surface area contributed by atoms with Gasteiger partial charge in [-0.2, -0.15) is 5.10 Å². The third kappa shape index (κ3) is 4.78. The summed E-state index contributed by atoms with van der Waals surface area (Å²) in [5.41, 5.74) is 2.31. The highest BCUT2D eigenvalue weighted by molar-refractivity contribution is 9.10. The number of hydrogen-bond acceptors (Lipinski definition) is 6. The summed E-state index contributed by atoms with van der Waals surface area (Å²) >= 11 is 3.36. The van der Waals surface area contributed by atoms with E-state index in [0.717, 1.165) is 54.6 Å². The van der Waals surface area contributed by atoms with Gasteiger partial charge in [-0.3, -0.25) is 9.69 Å². The van der Waals surface area contributed by atoms with Crippen LogP contribution in [0.3, 0.4) is 0 Å². The maximum atomic E-state index is 12.4. The van der Waals surface area contributed by atoms with Crippen LogP contribution >= 0.6 is 15.9 Å². The quantitative estimate of drug-likeness (QED) is 0.734. The minimum atomic E-state index is 0.0376. The molecule has 1 aliphatic carbocycles. The van der Waals surface area contributed by atoms with Crippen molar-refractivity contribution in [3.05, 3.63) is 44.5 Å². The summed E-state index contributed by atoms with van der Waals surface area (Å²) in [6, 6.07) is 2.23. The molecule has 150 valence electrons. The van der Waals surface area contributed by atoms with Gasteiger partial charge in [-0.1, -0.05) is 6.42 Å². The summed E-state index contributed by atoms with van der Waals surface area (Å²) in [6.45, 7) is 3.37. The van der Waals surface area contributed by atoms with Gasteiger partial charge in [0.25, 0.3) is 5.56 Å². The maximum Gasteiger partial charge on any atom is 0.267 e. The van der Waals surface area contributed by atoms with Gasteiger partial charge in [-0.05, 0) is 66.6 Å². The monoisotopic (exact) mass is 446 g/mol. The molecule has 7 nitrogen and oxygen atoms in total. The van der Waals surface area contributed by atoms with Gasteiger partial charge >= 0.3 is 0 Å². The van der Waals surface area contributed by atoms with Crippen LogP contribution in [0.2, 0.25) is 0 Å². The van der Waals surface area contributed by atoms with Crippen LogP contribution in [0.1, 0.15) is 43.4 Å². The van der Waals surface area contributed by atoms with E-state index in [0.29, 0.717) is 18.5 Å². The van der Waals surface area contributed by atoms with Gasteiger partial charge in [-0.15, -0.1) is 0 Å². The molecule has 2 aromatic rings. The number of nitrogens with zero attached hydrogens (tertiary/aromatic N) is 5. The Hall–Kier alpha value is -1.80. The van der Waals surface area contributed by atoms with Crippen molar-refractivity contribution in [2.75, 3.05) is 25.0 Å². The van der Waals surface area contributed by atoms with Crippen LogP contribution in [-0.4, -0.2) is 50.3 Å². The van der Waals surface area contributed by atoms with Gasteiger partial charge in [0, 0.05) is 37.6 Å². The molecule has 1 saturated heterocycles. The lowest BCUT2D eigenvalue weighted by Gasteiger charge is -2.35. The number of piperidine rings is 1. The van der Waals surface area contributed by atoms with E-state index < -0.39 is 0 Å². The zero-order valence-electron chi connectivity index (χ0n) is 16.1. The number of fused-ring (bicyclic) bond motifs is 1. The average molecular weight is 447 g/mol. The topological polar surface area (TPSA) is 75.9 Å². The summed E-state index contributed by atoms with van der Waals surface area (Å²) in [7, 11) is 0. The van der Waals surface area contributed by atoms with Crippen LogP contribution in [-0.2, 0) is 19.4 Å². The van der Waals surface area contributed by atoms with E-state index in [1.165, 1.54) is 25.7 Å². The van der Waals surface area contributed by atoms with Crippen molar-refractivity contribution in [1.29, 1.82) is 0 Å². The van der Waals surface area contributed by atoms with Gasteiger partial charge in [0.05, 0.1) is 16.7 Å². The first-order chi connectivity index (χ1) is 13.7. The van der Waals surface area contributed by atoms with Gasteiger partial charge in [0.2, 0.25) is 5.95 Å². The van der Waals surface area contributed by atoms with E-state index in [9.17, 15) is 4.79 Å². The molecular weight excluding hydrogens is 420 g/mol. The molecule has 0 spiro atoms. The Morgan fingerprint density at radius 2 is 1.93 bits per heavy atom. The standard InChI is InChI=1S/C20H27BrN6O/c21-16-12-22-20(23-13-16)24-14-17-6-3-4-8-26(17)9-10-27-19(28)11-15-5-1-2-7-18(15)25-27/h11-13,17H,1-10,14H2,(H,22,23,24). The van der Waals surface area contributed by atoms with Crippen molar-refractivity contribution in [3.8, 4) is 0 Å². The fourth-order valence-corrected chi connectivity index (χ4v) is 4.39. The van der Waals surface area contributed by atoms with Gasteiger partial charge in [0.15, 0.2) is 0 Å². The average Bonchev–Trinajstić information content (AvgIpc) is 2.72. The third-order valence-corrected chi connectivity index (χ3v) is 6.15. The Balaban J connectivity index is 1.37. The Morgan fingerprint density at radius 1 is 1.11 bits per heavy atom. The predicted octanol–water partition coefficient (Wildman–Crippen LogP) is 2.64. The number of anilines is 1. The molecule has 3 heterocycles. The molecule has 0 radical (unpaired) electrons. The minimum absolute atomic E-state index is 0.0376. The highest BCUT2D eigenvalue weighted by Gasteiger charge is 2.23. The lowest BCUT2D eigenvalue weighted by Crippen LogP contribution is -2.46. The van der Waals surface area contributed by atoms with E-state index in [1.54, 1.807) is 17.1 Å². The molecule has 1 aliphatic heterocycles. The van der Waals surface area contributed by atoms with E-state index in [-0.39, 0.29) is 5.56 Å². The molecule has 1 atom stereocenters. The summed E-state index contributed by atoms with van der Waals surface area (Å²) in [4.78, 5) is 23.5. The molecule has 0 saturated carbocycles. The van der Waals surface area contributed by atoms with Crippen molar-refractivity contribution >= 4 is 21.9 Å². The van der Waals surface area contributed by atoms with Crippen molar-refractivity contribution in [2.45, 2.75) is 57.5 Å². The maximum absolute atomic E-state index is 12.4. The van der Waals surface area contributed by atoms with Crippen molar-refractivity contribution in [3.63, 3.8) is 0 Å². The molecule has 8 heteroatoms. The highest BCUT2D eigenvalue weighted by Crippen LogP contribution is 2.19. The van der Waals surface area contributed by atoms with E-state index in [4.69, 9.17) is 0 Å². The molecular formula is C20H27BrN6O. The van der Waals surface area contributed by atoms with Crippen LogP contribution in [0, 0.1) is 0 Å². The fraction of sp³-hybridized carbons (Fsp3) is 0.600. The van der Waals surface area contributed by atoms with Crippen LogP contribution in [0.5, 0.6) is 0 Å². The van der Waals surface area contributed by atoms with Crippen molar-refractivity contribution < 1.29 is 0 Å². The van der Waals surface area contributed by atoms with E-state index in [1.807, 2.05) is 6.07 Å². The molecule has 0 amide bonds. The van der Waals surface area contributed by atoms with Crippen LogP contribution in [0.15, 0.2) is 27.7 Å². The number of aromatic nitrogens is 4. The number of likely N-dealkylation sites (tertiary alicyclic amines) is 1. The van der Waals surface area contributed by atoms with Crippen LogP contribution in [0.25, 0.3) is 0 Å². The Labute approximate surface area is 173 Å². The van der Waals surface area contributed by atoms with Gasteiger partial charge in [-0.25, -0.2) is 14.6 Å². The second kappa shape index (κ2) is 9.13. The second-order valence-electron chi connectivity index (χ2n) is 7.68. The number of hydrogen-bond donors (Lipinski definition) is 1. The molecule has 2 aliphatic rings. The third-order valence-electron chi connectivity index (χ3n) is 5.74. The van der Waals surface area contributed by atoms with Crippen molar-refractivity contribution in [2.24, 2.45) is 0 Å². The summed E-state index contributed by atoms with van der Waals surface area (Å²) in [5.74, 6) is 0.654. The fourth-order valence-electron chi connectivity index (χ4n) is 4.18. The first-order valence-corrected chi connectivity index (χ1v) is 11.0. The minimum Gasteiger partial charge on any atom is -0.353 e. The first kappa shape index (κ1) is 19.5. The Morgan fingerprint density at radius 3 is 2.79 bits per heavy atom. The summed E-state index contributed by atoms with van der Waals surface area (Å²) in [5, 5.41) is 8.01. The summed E-state index contributed by atoms with van der Waals surface area (Å²) in [6.07, 6.45) is 11.4. The zero-order chi connectivity index (χ0) is 19.3. The molecule has 0 bridgehead atoms. The second-order valence-corrected chi connectivity index (χ2v) is 8.59. The van der Waals surface area contributed by atoms with Gasteiger partial charge in [0.1, 0.15) is 0 Å². The number of halogens is 1. The number of nitrogens with one attached hydrogen (secondary N) is 1. The zero-order valence-corrected chi connectivity index (χ0v) is 17.7. The summed E-state index contributed by atoms with van der Waals surface area (Å²) < 4.78 is 2.54. The van der Waals surface area contributed by atoms with Gasteiger partial charge < -0.3 is 5.32 Å². The largest absolute Gasteiger partial charge is 0.353 e. The molecule has 1 unspecified atom stereocenters. The molecule has 28 heavy (non-hydrogen) atoms. The van der Waals surface area contributed by atoms with E-state index in [2.05, 4.69) is 41.2 Å². The molecule has 4 rings (SSSR count). The molecule has 1 N–H and O–H groups in total. The van der Waals surface area contributed by atoms with Crippen molar-refractivity contribution in [1.82, 2.24) is 24.6 Å². The molecule has 1 fully saturated rings. The smallest absolute Gasteiger partial charge is 0.267 e. The lowest BCUT2D eigenvalue weighted by atomic mass is 9.97. The Bertz CT molecular complexity index is 853.